The third-order valence-electron chi connectivity index (χ3n) is 4.90. The fourth-order valence-electron chi connectivity index (χ4n) is 3.13. The Balaban J connectivity index is 1.51. The summed E-state index contributed by atoms with van der Waals surface area (Å²) in [5, 5.41) is 11.6. The first-order chi connectivity index (χ1) is 15.6. The number of carbonyl (C=O) groups excluding carboxylic acids is 1. The molecule has 0 aliphatic carbocycles. The van der Waals surface area contributed by atoms with Crippen LogP contribution in [0.1, 0.15) is 36.1 Å². The lowest BCUT2D eigenvalue weighted by molar-refractivity contribution is -0.118. The van der Waals surface area contributed by atoms with Gasteiger partial charge in [0.1, 0.15) is 6.33 Å². The topological polar surface area (TPSA) is 106 Å². The van der Waals surface area contributed by atoms with E-state index in [0.717, 1.165) is 11.3 Å². The summed E-state index contributed by atoms with van der Waals surface area (Å²) in [5.41, 5.74) is 4.93. The van der Waals surface area contributed by atoms with Crippen LogP contribution in [0.15, 0.2) is 53.9 Å². The Hall–Kier alpha value is -2.69. The van der Waals surface area contributed by atoms with E-state index in [1.165, 1.54) is 22.9 Å². The summed E-state index contributed by atoms with van der Waals surface area (Å²) in [5.74, 6) is 0.0125. The summed E-state index contributed by atoms with van der Waals surface area (Å²) in [4.78, 5) is 12.3. The van der Waals surface area contributed by atoms with Crippen molar-refractivity contribution < 1.29 is 13.2 Å². The zero-order valence-electron chi connectivity index (χ0n) is 19.2. The maximum Gasteiger partial charge on any atom is 0.230 e. The summed E-state index contributed by atoms with van der Waals surface area (Å²) in [7, 11) is -3.37. The van der Waals surface area contributed by atoms with Gasteiger partial charge in [0.2, 0.25) is 15.9 Å². The van der Waals surface area contributed by atoms with Gasteiger partial charge < -0.3 is 5.32 Å². The van der Waals surface area contributed by atoms with Gasteiger partial charge in [-0.05, 0) is 62.1 Å². The third-order valence-corrected chi connectivity index (χ3v) is 7.39. The highest BCUT2D eigenvalue weighted by molar-refractivity contribution is 7.99. The van der Waals surface area contributed by atoms with Gasteiger partial charge in [-0.1, -0.05) is 42.1 Å². The van der Waals surface area contributed by atoms with E-state index in [0.29, 0.717) is 17.3 Å². The lowest BCUT2D eigenvalue weighted by atomic mass is 10.1. The van der Waals surface area contributed by atoms with E-state index in [2.05, 4.69) is 40.2 Å². The van der Waals surface area contributed by atoms with Crippen LogP contribution in [-0.2, 0) is 27.1 Å². The Kier molecular flexibility index (Phi) is 8.28. The number of benzene rings is 2. The van der Waals surface area contributed by atoms with Crippen LogP contribution in [-0.4, -0.2) is 40.9 Å². The van der Waals surface area contributed by atoms with Crippen LogP contribution < -0.4 is 10.0 Å². The summed E-state index contributed by atoms with van der Waals surface area (Å²) in [6.45, 7) is 8.05. The fourth-order valence-corrected chi connectivity index (χ4v) is 5.32. The zero-order valence-corrected chi connectivity index (χ0v) is 20.8. The molecular weight excluding hydrogens is 458 g/mol. The molecule has 0 saturated carbocycles. The van der Waals surface area contributed by atoms with Crippen LogP contribution in [0.3, 0.4) is 0 Å². The minimum absolute atomic E-state index is 0.0738. The van der Waals surface area contributed by atoms with Gasteiger partial charge >= 0.3 is 0 Å². The smallest absolute Gasteiger partial charge is 0.230 e. The lowest BCUT2D eigenvalue weighted by Gasteiger charge is -2.10. The van der Waals surface area contributed by atoms with Crippen LogP contribution in [0.4, 0.5) is 0 Å². The Morgan fingerprint density at radius 1 is 1.06 bits per heavy atom. The Morgan fingerprint density at radius 3 is 2.42 bits per heavy atom. The summed E-state index contributed by atoms with van der Waals surface area (Å²) in [6, 6.07) is 13.2. The van der Waals surface area contributed by atoms with E-state index in [4.69, 9.17) is 0 Å². The molecule has 0 radical (unpaired) electrons. The number of thioether (sulfide) groups is 1. The monoisotopic (exact) mass is 487 g/mol. The van der Waals surface area contributed by atoms with Crippen molar-refractivity contribution in [3.05, 3.63) is 71.0 Å². The molecule has 1 heterocycles. The van der Waals surface area contributed by atoms with Crippen molar-refractivity contribution in [1.82, 2.24) is 24.8 Å². The van der Waals surface area contributed by atoms with Gasteiger partial charge in [0, 0.05) is 18.3 Å². The maximum absolute atomic E-state index is 12.3. The summed E-state index contributed by atoms with van der Waals surface area (Å²) < 4.78 is 28.5. The number of carbonyl (C=O) groups is 1. The van der Waals surface area contributed by atoms with Crippen LogP contribution in [0.5, 0.6) is 0 Å². The molecule has 0 unspecified atom stereocenters. The molecule has 0 atom stereocenters. The average molecular weight is 488 g/mol. The minimum atomic E-state index is -3.37. The second-order valence-corrected chi connectivity index (χ2v) is 10.9. The number of nitrogens with one attached hydrogen (secondary N) is 2. The van der Waals surface area contributed by atoms with Crippen molar-refractivity contribution in [1.29, 1.82) is 0 Å². The number of hydrogen-bond acceptors (Lipinski definition) is 6. The molecule has 0 saturated heterocycles. The molecule has 2 aromatic carbocycles. The van der Waals surface area contributed by atoms with Gasteiger partial charge in [0.25, 0.3) is 0 Å². The van der Waals surface area contributed by atoms with E-state index in [9.17, 15) is 13.2 Å². The molecule has 0 spiro atoms. The molecule has 1 aromatic heterocycles. The summed E-state index contributed by atoms with van der Waals surface area (Å²) in [6.07, 6.45) is 1.64. The van der Waals surface area contributed by atoms with Gasteiger partial charge in [-0.25, -0.2) is 13.1 Å². The van der Waals surface area contributed by atoms with Crippen molar-refractivity contribution in [2.24, 2.45) is 0 Å². The molecule has 1 amide bonds. The largest absolute Gasteiger partial charge is 0.351 e. The van der Waals surface area contributed by atoms with Crippen molar-refractivity contribution in [3.8, 4) is 5.69 Å². The van der Waals surface area contributed by atoms with Gasteiger partial charge in [-0.3, -0.25) is 9.36 Å². The fraction of sp³-hybridized carbons (Fsp3) is 0.348. The van der Waals surface area contributed by atoms with Crippen LogP contribution in [0, 0.1) is 13.8 Å². The Labute approximate surface area is 199 Å². The molecule has 0 aliphatic heterocycles. The molecular formula is C23H29N5O3S2. The first-order valence-electron chi connectivity index (χ1n) is 10.6. The van der Waals surface area contributed by atoms with Crippen molar-refractivity contribution in [2.45, 2.75) is 51.2 Å². The predicted octanol–water partition coefficient (Wildman–Crippen LogP) is 3.12. The van der Waals surface area contributed by atoms with Gasteiger partial charge in [-0.15, -0.1) is 10.2 Å². The first-order valence-corrected chi connectivity index (χ1v) is 13.2. The molecule has 0 aliphatic rings. The maximum atomic E-state index is 12.3. The van der Waals surface area contributed by atoms with E-state index in [-0.39, 0.29) is 23.5 Å². The molecule has 0 fully saturated rings. The van der Waals surface area contributed by atoms with Crippen LogP contribution >= 0.6 is 11.8 Å². The second kappa shape index (κ2) is 11.0. The number of nitrogens with zero attached hydrogens (tertiary/aromatic N) is 3. The highest BCUT2D eigenvalue weighted by Crippen LogP contribution is 2.21. The first kappa shape index (κ1) is 24.9. The quantitative estimate of drug-likeness (QED) is 0.426. The summed E-state index contributed by atoms with van der Waals surface area (Å²) >= 11 is 1.32. The predicted molar refractivity (Wildman–Crippen MR) is 131 cm³/mol. The van der Waals surface area contributed by atoms with Crippen molar-refractivity contribution >= 4 is 27.7 Å². The molecule has 33 heavy (non-hydrogen) atoms. The van der Waals surface area contributed by atoms with Gasteiger partial charge in [-0.2, -0.15) is 0 Å². The van der Waals surface area contributed by atoms with Crippen LogP contribution in [0.2, 0.25) is 0 Å². The SMILES string of the molecule is Cc1ccc(-n2cnnc2SCC(=O)NCc2ccc(CS(=O)(=O)NC(C)C)cc2)cc1C. The van der Waals surface area contributed by atoms with E-state index in [1.807, 2.05) is 28.8 Å². The molecule has 3 aromatic rings. The number of amides is 1. The molecule has 3 rings (SSSR count). The molecule has 10 heteroatoms. The van der Waals surface area contributed by atoms with Crippen molar-refractivity contribution in [2.75, 3.05) is 5.75 Å². The highest BCUT2D eigenvalue weighted by Gasteiger charge is 2.13. The number of hydrogen-bond donors (Lipinski definition) is 2. The number of sulfonamides is 1. The second-order valence-electron chi connectivity index (χ2n) is 8.17. The Morgan fingerprint density at radius 2 is 1.76 bits per heavy atom. The standard InChI is InChI=1S/C23H29N5O3S2/c1-16(2)27-33(30,31)14-20-8-6-19(7-9-20)12-24-22(29)13-32-23-26-25-15-28(23)21-10-5-17(3)18(4)11-21/h5-11,15-16,27H,12-14H2,1-4H3,(H,24,29). The lowest BCUT2D eigenvalue weighted by Crippen LogP contribution is -2.31. The van der Waals surface area contributed by atoms with Crippen LogP contribution in [0.25, 0.3) is 5.69 Å². The minimum Gasteiger partial charge on any atom is -0.351 e. The average Bonchev–Trinajstić information content (AvgIpc) is 3.21. The zero-order chi connectivity index (χ0) is 24.0. The number of aromatic nitrogens is 3. The third kappa shape index (κ3) is 7.41. The number of rotatable bonds is 10. The molecule has 176 valence electrons. The number of aryl methyl sites for hydroxylation is 2. The normalized spacial score (nSPS) is 11.7. The Bertz CT molecular complexity index is 1210. The van der Waals surface area contributed by atoms with Gasteiger partial charge in [0.15, 0.2) is 5.16 Å². The van der Waals surface area contributed by atoms with E-state index >= 15 is 0 Å². The van der Waals surface area contributed by atoms with E-state index in [1.54, 1.807) is 32.3 Å². The molecule has 0 bridgehead atoms. The molecule has 2 N–H and O–H groups in total. The highest BCUT2D eigenvalue weighted by atomic mass is 32.2. The van der Waals surface area contributed by atoms with Crippen molar-refractivity contribution in [3.63, 3.8) is 0 Å². The molecule has 8 nitrogen and oxygen atoms in total. The van der Waals surface area contributed by atoms with E-state index < -0.39 is 10.0 Å². The van der Waals surface area contributed by atoms with Gasteiger partial charge in [0.05, 0.1) is 11.5 Å².